The molecule has 0 heterocycles. The molecule has 0 saturated heterocycles. The van der Waals surface area contributed by atoms with E-state index >= 15 is 0 Å². The molecule has 6 heteroatoms. The van der Waals surface area contributed by atoms with Crippen LogP contribution in [0.25, 0.3) is 0 Å². The molecular weight excluding hydrogens is 550 g/mol. The van der Waals surface area contributed by atoms with Crippen molar-refractivity contribution in [3.05, 3.63) is 70.8 Å². The lowest BCUT2D eigenvalue weighted by Crippen LogP contribution is -2.69. The van der Waals surface area contributed by atoms with E-state index in [0.29, 0.717) is 12.5 Å². The second-order valence-electron chi connectivity index (χ2n) is 15.9. The number of allylic oxidation sites excluding steroid dienone is 3. The van der Waals surface area contributed by atoms with E-state index in [9.17, 15) is 14.7 Å². The molecule has 6 rings (SSSR count). The number of benzene rings is 1. The van der Waals surface area contributed by atoms with Crippen LogP contribution in [0.15, 0.2) is 65.3 Å². The molecule has 8 atom stereocenters. The first-order chi connectivity index (χ1) is 20.6. The summed E-state index contributed by atoms with van der Waals surface area (Å²) in [6, 6.07) is 9.93. The smallest absolute Gasteiger partial charge is 0.312 e. The molecular formula is C38H51NO5. The van der Waals surface area contributed by atoms with Crippen molar-refractivity contribution in [2.24, 2.45) is 33.0 Å². The van der Waals surface area contributed by atoms with Gasteiger partial charge in [-0.05, 0) is 111 Å². The molecule has 1 aromatic rings. The highest BCUT2D eigenvalue weighted by molar-refractivity contribution is 6.02. The lowest BCUT2D eigenvalue weighted by molar-refractivity contribution is -0.184. The Bertz CT molecular complexity index is 1480. The summed E-state index contributed by atoms with van der Waals surface area (Å²) >= 11 is 0. The zero-order valence-electron chi connectivity index (χ0n) is 27.9. The Balaban J connectivity index is 1.37. The quantitative estimate of drug-likeness (QED) is 0.284. The van der Waals surface area contributed by atoms with Crippen molar-refractivity contribution in [3.63, 3.8) is 0 Å². The van der Waals surface area contributed by atoms with E-state index in [1.165, 1.54) is 5.57 Å². The first-order valence-corrected chi connectivity index (χ1v) is 16.4. The van der Waals surface area contributed by atoms with Crippen LogP contribution in [-0.2, 0) is 25.7 Å². The third-order valence-corrected chi connectivity index (χ3v) is 13.9. The van der Waals surface area contributed by atoms with Crippen LogP contribution in [-0.4, -0.2) is 42.3 Å². The van der Waals surface area contributed by atoms with Gasteiger partial charge in [0.15, 0.2) is 0 Å². The Labute approximate surface area is 263 Å². The molecule has 5 aliphatic rings. The van der Waals surface area contributed by atoms with E-state index in [2.05, 4.69) is 52.1 Å². The van der Waals surface area contributed by atoms with Gasteiger partial charge in [0.1, 0.15) is 12.2 Å². The highest BCUT2D eigenvalue weighted by Crippen LogP contribution is 2.75. The summed E-state index contributed by atoms with van der Waals surface area (Å²) in [5.41, 5.74) is 0.266. The van der Waals surface area contributed by atoms with Crippen molar-refractivity contribution in [1.29, 1.82) is 0 Å². The van der Waals surface area contributed by atoms with Gasteiger partial charge >= 0.3 is 5.97 Å². The first-order valence-electron chi connectivity index (χ1n) is 16.4. The van der Waals surface area contributed by atoms with Gasteiger partial charge in [-0.25, -0.2) is 0 Å². The number of carbonyl (C=O) groups excluding carboxylic acids is 2. The maximum Gasteiger partial charge on any atom is 0.312 e. The fraction of sp³-hybridized carbons (Fsp3) is 0.632. The Hall–Kier alpha value is -2.54. The van der Waals surface area contributed by atoms with Gasteiger partial charge in [0.05, 0.1) is 5.41 Å². The van der Waals surface area contributed by atoms with Gasteiger partial charge in [0, 0.05) is 12.5 Å². The van der Waals surface area contributed by atoms with Crippen LogP contribution >= 0.6 is 0 Å². The zero-order valence-corrected chi connectivity index (χ0v) is 27.9. The predicted octanol–water partition coefficient (Wildman–Crippen LogP) is 6.84. The number of esters is 1. The van der Waals surface area contributed by atoms with Crippen LogP contribution in [0.1, 0.15) is 92.1 Å². The largest absolute Gasteiger partial charge is 0.460 e. The number of ketones is 1. The fourth-order valence-electron chi connectivity index (χ4n) is 10.4. The number of carbonyl (C=O) groups is 2. The highest BCUT2D eigenvalue weighted by atomic mass is 16.5. The van der Waals surface area contributed by atoms with Gasteiger partial charge in [0.2, 0.25) is 11.5 Å². The van der Waals surface area contributed by atoms with Crippen LogP contribution in [0.3, 0.4) is 0 Å². The number of ether oxygens (including phenoxy) is 2. The SMILES string of the molecule is CNC1(O)C(=O)C=C2C(=CC=C3[C@@]2(C)CC[C@@]2(C)[C@@H]4C[C@](C)(C(=O)OCc5ccccc5)CC[C@]4(C)CC[C@]32C)[C@]1(C)OC. The van der Waals surface area contributed by atoms with E-state index in [1.807, 2.05) is 37.3 Å². The van der Waals surface area contributed by atoms with Gasteiger partial charge in [-0.3, -0.25) is 14.9 Å². The summed E-state index contributed by atoms with van der Waals surface area (Å²) in [6.07, 6.45) is 12.8. The molecule has 3 fully saturated rings. The molecule has 44 heavy (non-hydrogen) atoms. The molecule has 2 N–H and O–H groups in total. The summed E-state index contributed by atoms with van der Waals surface area (Å²) in [5.74, 6) is -0.0925. The number of hydrogen-bond acceptors (Lipinski definition) is 6. The molecule has 0 aromatic heterocycles. The van der Waals surface area contributed by atoms with Gasteiger partial charge in [0.25, 0.3) is 0 Å². The van der Waals surface area contributed by atoms with Crippen LogP contribution in [0.5, 0.6) is 0 Å². The average Bonchev–Trinajstić information content (AvgIpc) is 3.01. The Morgan fingerprint density at radius 1 is 0.932 bits per heavy atom. The van der Waals surface area contributed by atoms with Crippen molar-refractivity contribution >= 4 is 11.8 Å². The minimum atomic E-state index is -1.85. The van der Waals surface area contributed by atoms with Crippen LogP contribution in [0.2, 0.25) is 0 Å². The topological polar surface area (TPSA) is 84.9 Å². The molecule has 5 aliphatic carbocycles. The molecule has 0 bridgehead atoms. The number of likely N-dealkylation sites (N-methyl/N-ethyl adjacent to an activating group) is 1. The summed E-state index contributed by atoms with van der Waals surface area (Å²) in [4.78, 5) is 27.3. The molecule has 1 aromatic carbocycles. The van der Waals surface area contributed by atoms with E-state index in [4.69, 9.17) is 9.47 Å². The van der Waals surface area contributed by atoms with Crippen LogP contribution in [0, 0.1) is 33.0 Å². The number of fused-ring (bicyclic) bond motifs is 7. The van der Waals surface area contributed by atoms with Crippen LogP contribution < -0.4 is 5.32 Å². The van der Waals surface area contributed by atoms with Gasteiger partial charge < -0.3 is 14.6 Å². The Kier molecular flexibility index (Phi) is 7.13. The minimum absolute atomic E-state index is 0.0341. The van der Waals surface area contributed by atoms with Crippen molar-refractivity contribution in [3.8, 4) is 0 Å². The van der Waals surface area contributed by atoms with Gasteiger partial charge in [-0.2, -0.15) is 0 Å². The summed E-state index contributed by atoms with van der Waals surface area (Å²) in [5, 5.41) is 14.3. The average molecular weight is 602 g/mol. The van der Waals surface area contributed by atoms with Crippen molar-refractivity contribution in [2.45, 2.75) is 104 Å². The molecule has 238 valence electrons. The maximum atomic E-state index is 13.7. The number of hydrogen-bond donors (Lipinski definition) is 2. The minimum Gasteiger partial charge on any atom is -0.460 e. The lowest BCUT2D eigenvalue weighted by Gasteiger charge is -2.70. The number of aliphatic hydroxyl groups is 1. The highest BCUT2D eigenvalue weighted by Gasteiger charge is 2.69. The van der Waals surface area contributed by atoms with Crippen molar-refractivity contribution < 1.29 is 24.2 Å². The summed E-state index contributed by atoms with van der Waals surface area (Å²) in [6.45, 7) is 13.9. The lowest BCUT2D eigenvalue weighted by atomic mass is 9.34. The van der Waals surface area contributed by atoms with Gasteiger partial charge in [-0.1, -0.05) is 75.8 Å². The fourth-order valence-corrected chi connectivity index (χ4v) is 10.4. The summed E-state index contributed by atoms with van der Waals surface area (Å²) in [7, 11) is 3.16. The summed E-state index contributed by atoms with van der Waals surface area (Å²) < 4.78 is 11.9. The number of rotatable bonds is 5. The predicted molar refractivity (Wildman–Crippen MR) is 171 cm³/mol. The van der Waals surface area contributed by atoms with Gasteiger partial charge in [-0.15, -0.1) is 0 Å². The Morgan fingerprint density at radius 3 is 2.27 bits per heavy atom. The number of methoxy groups -OCH3 is 1. The molecule has 0 radical (unpaired) electrons. The van der Waals surface area contributed by atoms with E-state index in [-0.39, 0.29) is 33.4 Å². The van der Waals surface area contributed by atoms with Crippen molar-refractivity contribution in [2.75, 3.05) is 14.2 Å². The van der Waals surface area contributed by atoms with Crippen LogP contribution in [0.4, 0.5) is 0 Å². The molecule has 0 amide bonds. The van der Waals surface area contributed by atoms with E-state index < -0.39 is 16.7 Å². The standard InChI is InChI=1S/C38H51NO5/c1-32-16-17-33(2,31(41)44-24-25-12-10-9-11-13-25)23-29(32)36(5)21-19-34(3)27-22-30(40)38(42,39-7)37(6,43-8)26(27)14-15-28(34)35(36,4)20-18-32/h9-15,22,29,39,42H,16-21,23-24H2,1-8H3/t29-,32-,33-,34+,35-,36+,37+,38?/m1/s1. The molecule has 3 saturated carbocycles. The Morgan fingerprint density at radius 2 is 1.61 bits per heavy atom. The zero-order chi connectivity index (χ0) is 32.0. The second-order valence-corrected chi connectivity index (χ2v) is 15.9. The molecule has 6 nitrogen and oxygen atoms in total. The van der Waals surface area contributed by atoms with E-state index in [0.717, 1.165) is 61.7 Å². The normalized spacial score (nSPS) is 44.6. The van der Waals surface area contributed by atoms with Crippen molar-refractivity contribution in [1.82, 2.24) is 5.32 Å². The first kappa shape index (κ1) is 31.4. The second kappa shape index (κ2) is 9.98. The third-order valence-electron chi connectivity index (χ3n) is 13.9. The maximum absolute atomic E-state index is 13.7. The monoisotopic (exact) mass is 601 g/mol. The third kappa shape index (κ3) is 3.96. The molecule has 0 spiro atoms. The number of nitrogens with one attached hydrogen (secondary N) is 1. The van der Waals surface area contributed by atoms with E-state index in [1.54, 1.807) is 20.2 Å². The molecule has 1 unspecified atom stereocenters. The molecule has 0 aliphatic heterocycles.